The van der Waals surface area contributed by atoms with Crippen molar-refractivity contribution in [1.29, 1.82) is 0 Å². The molecule has 0 spiro atoms. The van der Waals surface area contributed by atoms with Crippen molar-refractivity contribution < 1.29 is 4.74 Å². The van der Waals surface area contributed by atoms with Crippen molar-refractivity contribution in [3.63, 3.8) is 0 Å². The summed E-state index contributed by atoms with van der Waals surface area (Å²) in [5.41, 5.74) is 5.48. The van der Waals surface area contributed by atoms with Crippen LogP contribution < -0.4 is 10.1 Å². The van der Waals surface area contributed by atoms with E-state index in [1.807, 2.05) is 48.8 Å². The zero-order valence-corrected chi connectivity index (χ0v) is 15.3. The minimum absolute atomic E-state index is 0.710. The fourth-order valence-electron chi connectivity index (χ4n) is 3.24. The first-order valence-corrected chi connectivity index (χ1v) is 8.97. The van der Waals surface area contributed by atoms with Crippen molar-refractivity contribution in [3.05, 3.63) is 60.4 Å². The van der Waals surface area contributed by atoms with Crippen molar-refractivity contribution >= 4 is 39.6 Å². The molecule has 0 fully saturated rings. The number of nitrogens with zero attached hydrogens (tertiary/aromatic N) is 2. The number of aromatic amines is 1. The van der Waals surface area contributed by atoms with Gasteiger partial charge in [0.1, 0.15) is 5.75 Å². The van der Waals surface area contributed by atoms with Crippen LogP contribution in [0.2, 0.25) is 0 Å². The smallest absolute Gasteiger partial charge is 0.173 e. The summed E-state index contributed by atoms with van der Waals surface area (Å²) in [6, 6.07) is 11.8. The van der Waals surface area contributed by atoms with Crippen molar-refractivity contribution in [3.8, 4) is 5.75 Å². The van der Waals surface area contributed by atoms with Crippen LogP contribution in [0.3, 0.4) is 0 Å². The highest BCUT2D eigenvalue weighted by atomic mass is 32.1. The van der Waals surface area contributed by atoms with Gasteiger partial charge in [-0.15, -0.1) is 0 Å². The molecule has 3 aromatic rings. The molecule has 1 aliphatic heterocycles. The van der Waals surface area contributed by atoms with Gasteiger partial charge in [-0.2, -0.15) is 0 Å². The third kappa shape index (κ3) is 3.15. The molecule has 3 heterocycles. The molecule has 0 unspecified atom stereocenters. The maximum Gasteiger partial charge on any atom is 0.173 e. The van der Waals surface area contributed by atoms with Crippen LogP contribution in [0, 0.1) is 0 Å². The predicted octanol–water partition coefficient (Wildman–Crippen LogP) is 4.06. The topological polar surface area (TPSA) is 53.2 Å². The van der Waals surface area contributed by atoms with Gasteiger partial charge in [-0.1, -0.05) is 18.2 Å². The van der Waals surface area contributed by atoms with Crippen LogP contribution in [0.1, 0.15) is 12.0 Å². The van der Waals surface area contributed by atoms with Crippen LogP contribution in [0.25, 0.3) is 16.6 Å². The lowest BCUT2D eigenvalue weighted by Gasteiger charge is -2.29. The van der Waals surface area contributed by atoms with E-state index in [1.165, 1.54) is 11.1 Å². The maximum absolute atomic E-state index is 5.59. The number of H-pyrrole nitrogens is 1. The lowest BCUT2D eigenvalue weighted by Crippen LogP contribution is -2.37. The minimum atomic E-state index is 0.710. The van der Waals surface area contributed by atoms with Crippen LogP contribution in [0.15, 0.2) is 54.9 Å². The summed E-state index contributed by atoms with van der Waals surface area (Å²) in [6.07, 6.45) is 7.04. The van der Waals surface area contributed by atoms with Crippen LogP contribution in [-0.4, -0.2) is 40.2 Å². The number of hydrogen-bond acceptors (Lipinski definition) is 3. The molecule has 0 radical (unpaired) electrons. The van der Waals surface area contributed by atoms with E-state index in [0.717, 1.165) is 42.0 Å². The normalized spacial score (nSPS) is 14.2. The molecule has 2 N–H and O–H groups in total. The second-order valence-electron chi connectivity index (χ2n) is 6.16. The summed E-state index contributed by atoms with van der Waals surface area (Å²) >= 11 is 5.59. The number of nitrogens with one attached hydrogen (secondary N) is 2. The van der Waals surface area contributed by atoms with Crippen LogP contribution in [0.4, 0.5) is 5.69 Å². The Morgan fingerprint density at radius 2 is 2.15 bits per heavy atom. The molecule has 5 nitrogen and oxygen atoms in total. The number of benzene rings is 1. The zero-order chi connectivity index (χ0) is 17.9. The van der Waals surface area contributed by atoms with E-state index in [-0.39, 0.29) is 0 Å². The molecular weight excluding hydrogens is 344 g/mol. The van der Waals surface area contributed by atoms with Crippen molar-refractivity contribution in [1.82, 2.24) is 14.9 Å². The van der Waals surface area contributed by atoms with E-state index in [2.05, 4.69) is 26.3 Å². The average molecular weight is 364 g/mol. The Bertz CT molecular complexity index is 979. The predicted molar refractivity (Wildman–Crippen MR) is 109 cm³/mol. The Morgan fingerprint density at radius 3 is 2.96 bits per heavy atom. The summed E-state index contributed by atoms with van der Waals surface area (Å²) in [5, 5.41) is 4.01. The van der Waals surface area contributed by atoms with E-state index in [4.69, 9.17) is 17.0 Å². The van der Waals surface area contributed by atoms with E-state index in [9.17, 15) is 0 Å². The summed E-state index contributed by atoms with van der Waals surface area (Å²) in [5.74, 6) is 0.785. The van der Waals surface area contributed by atoms with Gasteiger partial charge < -0.3 is 19.9 Å². The highest BCUT2D eigenvalue weighted by molar-refractivity contribution is 7.80. The van der Waals surface area contributed by atoms with Crippen LogP contribution in [-0.2, 0) is 0 Å². The van der Waals surface area contributed by atoms with Gasteiger partial charge in [0.05, 0.1) is 23.8 Å². The molecule has 0 amide bonds. The summed E-state index contributed by atoms with van der Waals surface area (Å²) in [4.78, 5) is 9.96. The molecule has 132 valence electrons. The number of thiocarbonyl (C=S) groups is 1. The van der Waals surface area contributed by atoms with Crippen molar-refractivity contribution in [2.24, 2.45) is 0 Å². The van der Waals surface area contributed by atoms with Crippen molar-refractivity contribution in [2.45, 2.75) is 6.42 Å². The second kappa shape index (κ2) is 7.17. The van der Waals surface area contributed by atoms with Crippen molar-refractivity contribution in [2.75, 3.05) is 25.5 Å². The highest BCUT2D eigenvalue weighted by Crippen LogP contribution is 2.28. The molecule has 26 heavy (non-hydrogen) atoms. The third-order valence-corrected chi connectivity index (χ3v) is 4.99. The van der Waals surface area contributed by atoms with E-state index in [0.29, 0.717) is 5.11 Å². The van der Waals surface area contributed by atoms with Gasteiger partial charge in [0, 0.05) is 31.0 Å². The van der Waals surface area contributed by atoms with E-state index in [1.54, 1.807) is 7.11 Å². The fourth-order valence-corrected chi connectivity index (χ4v) is 3.52. The number of methoxy groups -OCH3 is 1. The molecule has 0 saturated carbocycles. The van der Waals surface area contributed by atoms with Crippen LogP contribution in [0.5, 0.6) is 5.75 Å². The maximum atomic E-state index is 5.59. The quantitative estimate of drug-likeness (QED) is 0.687. The summed E-state index contributed by atoms with van der Waals surface area (Å²) in [7, 11) is 1.66. The summed E-state index contributed by atoms with van der Waals surface area (Å²) in [6.45, 7) is 1.64. The number of ether oxygens (including phenoxy) is 1. The van der Waals surface area contributed by atoms with Gasteiger partial charge >= 0.3 is 0 Å². The standard InChI is InChI=1S/C20H20N4OS/c1-25-18-7-3-2-5-16(18)23-20(26)24-11-8-14(9-12-24)15-13-22-17-6-4-10-21-19(15)17/h2-8,10,13,22H,9,11-12H2,1H3,(H,23,26). The Hall–Kier alpha value is -2.86. The Labute approximate surface area is 157 Å². The number of anilines is 1. The third-order valence-electron chi connectivity index (χ3n) is 4.63. The van der Waals surface area contributed by atoms with E-state index >= 15 is 0 Å². The number of aromatic nitrogens is 2. The molecule has 1 aliphatic rings. The molecule has 4 rings (SSSR count). The number of para-hydroxylation sites is 2. The first-order valence-electron chi connectivity index (χ1n) is 8.56. The second-order valence-corrected chi connectivity index (χ2v) is 6.54. The molecular formula is C20H20N4OS. The highest BCUT2D eigenvalue weighted by Gasteiger charge is 2.18. The van der Waals surface area contributed by atoms with E-state index < -0.39 is 0 Å². The monoisotopic (exact) mass is 364 g/mol. The number of hydrogen-bond donors (Lipinski definition) is 2. The molecule has 1 aromatic carbocycles. The first kappa shape index (κ1) is 16.6. The SMILES string of the molecule is COc1ccccc1NC(=S)N1CC=C(c2c[nH]c3cccnc23)CC1. The molecule has 0 saturated heterocycles. The Balaban J connectivity index is 1.48. The molecule has 0 bridgehead atoms. The van der Waals surface area contributed by atoms with Gasteiger partial charge in [0.15, 0.2) is 5.11 Å². The lowest BCUT2D eigenvalue weighted by molar-refractivity contribution is 0.416. The fraction of sp³-hybridized carbons (Fsp3) is 0.200. The van der Waals surface area contributed by atoms with Gasteiger partial charge in [0.2, 0.25) is 0 Å². The molecule has 0 aliphatic carbocycles. The molecule has 6 heteroatoms. The van der Waals surface area contributed by atoms with Gasteiger partial charge in [-0.25, -0.2) is 0 Å². The number of rotatable bonds is 3. The zero-order valence-electron chi connectivity index (χ0n) is 14.5. The lowest BCUT2D eigenvalue weighted by atomic mass is 10.0. The van der Waals surface area contributed by atoms with Gasteiger partial charge in [0.25, 0.3) is 0 Å². The molecule has 2 aromatic heterocycles. The summed E-state index contributed by atoms with van der Waals surface area (Å²) < 4.78 is 5.38. The number of pyridine rings is 1. The van der Waals surface area contributed by atoms with Gasteiger partial charge in [-0.3, -0.25) is 4.98 Å². The van der Waals surface area contributed by atoms with Gasteiger partial charge in [-0.05, 0) is 48.5 Å². The molecule has 0 atom stereocenters. The average Bonchev–Trinajstić information content (AvgIpc) is 3.12. The first-order chi connectivity index (χ1) is 12.8. The Kier molecular flexibility index (Phi) is 4.58. The Morgan fingerprint density at radius 1 is 1.27 bits per heavy atom. The largest absolute Gasteiger partial charge is 0.495 e. The minimum Gasteiger partial charge on any atom is -0.495 e. The van der Waals surface area contributed by atoms with Crippen LogP contribution >= 0.6 is 12.2 Å². The number of fused-ring (bicyclic) bond motifs is 1.